The van der Waals surface area contributed by atoms with Gasteiger partial charge in [0.15, 0.2) is 12.4 Å². The second kappa shape index (κ2) is 10.5. The number of aromatic nitrogens is 3. The van der Waals surface area contributed by atoms with Crippen LogP contribution in [0.1, 0.15) is 16.2 Å². The largest absolute Gasteiger partial charge is 0.450 e. The van der Waals surface area contributed by atoms with E-state index in [1.165, 1.54) is 40.3 Å². The van der Waals surface area contributed by atoms with Gasteiger partial charge in [-0.1, -0.05) is 36.4 Å². The number of carbonyl (C=O) groups excluding carboxylic acids is 3. The highest BCUT2D eigenvalue weighted by Crippen LogP contribution is 2.25. The molecule has 2 aromatic heterocycles. The first-order valence-electron chi connectivity index (χ1n) is 10.1. The summed E-state index contributed by atoms with van der Waals surface area (Å²) in [5.74, 6) is -2.10. The van der Waals surface area contributed by atoms with Crippen LogP contribution in [0.3, 0.4) is 0 Å². The topological polar surface area (TPSA) is 115 Å². The van der Waals surface area contributed by atoms with Crippen molar-refractivity contribution in [1.82, 2.24) is 25.4 Å². The Bertz CT molecular complexity index is 1290. The van der Waals surface area contributed by atoms with Crippen molar-refractivity contribution in [2.24, 2.45) is 0 Å². The van der Waals surface area contributed by atoms with E-state index in [2.05, 4.69) is 20.7 Å². The molecule has 3 amide bonds. The van der Waals surface area contributed by atoms with Crippen LogP contribution in [0.25, 0.3) is 16.4 Å². The fourth-order valence-corrected chi connectivity index (χ4v) is 3.61. The number of nitrogens with zero attached hydrogens (tertiary/aromatic N) is 3. The first kappa shape index (κ1) is 22.8. The lowest BCUT2D eigenvalue weighted by molar-refractivity contribution is -0.123. The summed E-state index contributed by atoms with van der Waals surface area (Å²) in [5, 5.41) is 10.6. The van der Waals surface area contributed by atoms with E-state index in [1.54, 1.807) is 6.07 Å². The molecule has 4 aromatic rings. The molecule has 2 heterocycles. The van der Waals surface area contributed by atoms with Crippen LogP contribution >= 0.6 is 11.3 Å². The third kappa shape index (κ3) is 5.70. The number of imide groups is 1. The summed E-state index contributed by atoms with van der Waals surface area (Å²) in [7, 11) is 0. The monoisotopic (exact) mass is 479 g/mol. The fraction of sp³-hybridized carbons (Fsp3) is 0.0870. The number of thiophene rings is 1. The Morgan fingerprint density at radius 1 is 1.00 bits per heavy atom. The molecule has 0 saturated heterocycles. The number of esters is 1. The highest BCUT2D eigenvalue weighted by atomic mass is 32.1. The van der Waals surface area contributed by atoms with Crippen molar-refractivity contribution in [2.75, 3.05) is 6.61 Å². The number of amides is 3. The van der Waals surface area contributed by atoms with Crippen molar-refractivity contribution in [3.63, 3.8) is 0 Å². The Labute approximate surface area is 197 Å². The number of urea groups is 1. The summed E-state index contributed by atoms with van der Waals surface area (Å²) in [6.45, 7) is -0.465. The van der Waals surface area contributed by atoms with Crippen molar-refractivity contribution >= 4 is 29.2 Å². The normalized spacial score (nSPS) is 10.5. The minimum atomic E-state index is -0.946. The lowest BCUT2D eigenvalue weighted by Crippen LogP contribution is -2.41. The Morgan fingerprint density at radius 3 is 2.47 bits per heavy atom. The molecule has 0 spiro atoms. The van der Waals surface area contributed by atoms with E-state index >= 15 is 0 Å². The van der Waals surface area contributed by atoms with Crippen LogP contribution in [-0.4, -0.2) is 39.3 Å². The molecular weight excluding hydrogens is 461 g/mol. The number of halogens is 1. The number of nitrogens with one attached hydrogen (secondary N) is 2. The summed E-state index contributed by atoms with van der Waals surface area (Å²) in [4.78, 5) is 41.3. The van der Waals surface area contributed by atoms with Crippen LogP contribution < -0.4 is 10.6 Å². The summed E-state index contributed by atoms with van der Waals surface area (Å²) in [6.07, 6.45) is 0. The lowest BCUT2D eigenvalue weighted by atomic mass is 10.2. The maximum atomic E-state index is 13.3. The number of rotatable bonds is 7. The van der Waals surface area contributed by atoms with Gasteiger partial charge in [-0.05, 0) is 41.3 Å². The molecule has 0 aliphatic carbocycles. The predicted molar refractivity (Wildman–Crippen MR) is 122 cm³/mol. The second-order valence-electron chi connectivity index (χ2n) is 6.92. The molecule has 0 saturated carbocycles. The van der Waals surface area contributed by atoms with E-state index in [-0.39, 0.29) is 12.4 Å². The maximum absolute atomic E-state index is 13.3. The Balaban J connectivity index is 1.38. The van der Waals surface area contributed by atoms with Gasteiger partial charge in [0, 0.05) is 6.54 Å². The molecule has 4 rings (SSSR count). The van der Waals surface area contributed by atoms with Crippen LogP contribution in [-0.2, 0) is 16.1 Å². The quantitative estimate of drug-likeness (QED) is 0.393. The molecule has 2 aromatic carbocycles. The summed E-state index contributed by atoms with van der Waals surface area (Å²) in [5.41, 5.74) is 1.35. The Morgan fingerprint density at radius 2 is 1.76 bits per heavy atom. The molecule has 0 fully saturated rings. The molecule has 172 valence electrons. The van der Waals surface area contributed by atoms with Gasteiger partial charge >= 0.3 is 12.0 Å². The van der Waals surface area contributed by atoms with Gasteiger partial charge in [0.25, 0.3) is 11.7 Å². The molecule has 11 heteroatoms. The molecule has 9 nitrogen and oxygen atoms in total. The molecule has 0 aliphatic heterocycles. The van der Waals surface area contributed by atoms with Gasteiger partial charge < -0.3 is 10.1 Å². The van der Waals surface area contributed by atoms with Gasteiger partial charge in [-0.2, -0.15) is 4.98 Å². The number of hydrogen-bond donors (Lipinski definition) is 2. The molecule has 0 atom stereocenters. The average molecular weight is 479 g/mol. The van der Waals surface area contributed by atoms with Gasteiger partial charge in [0.05, 0.1) is 10.6 Å². The van der Waals surface area contributed by atoms with E-state index in [9.17, 15) is 18.8 Å². The zero-order chi connectivity index (χ0) is 23.9. The predicted octanol–water partition coefficient (Wildman–Crippen LogP) is 3.32. The number of carbonyl (C=O) groups is 3. The summed E-state index contributed by atoms with van der Waals surface area (Å²) >= 11 is 1.38. The van der Waals surface area contributed by atoms with Crippen molar-refractivity contribution in [1.29, 1.82) is 0 Å². The third-order valence-corrected chi connectivity index (χ3v) is 5.35. The highest BCUT2D eigenvalue weighted by molar-refractivity contribution is 7.13. The van der Waals surface area contributed by atoms with Crippen molar-refractivity contribution in [2.45, 2.75) is 6.54 Å². The zero-order valence-corrected chi connectivity index (χ0v) is 18.4. The van der Waals surface area contributed by atoms with Crippen molar-refractivity contribution in [3.05, 3.63) is 89.3 Å². The fourth-order valence-electron chi connectivity index (χ4n) is 2.91. The number of ether oxygens (including phenoxy) is 1. The Hall–Kier alpha value is -4.38. The third-order valence-electron chi connectivity index (χ3n) is 4.49. The SMILES string of the molecule is O=C(COC(=O)c1nc(-c2cccs2)n(-c2ccc(F)cc2)n1)NC(=O)NCc1ccccc1. The number of hydrogen-bond acceptors (Lipinski definition) is 7. The second-order valence-corrected chi connectivity index (χ2v) is 7.86. The van der Waals surface area contributed by atoms with Crippen LogP contribution in [0.5, 0.6) is 0 Å². The van der Waals surface area contributed by atoms with Crippen LogP contribution in [0, 0.1) is 5.82 Å². The van der Waals surface area contributed by atoms with Crippen LogP contribution in [0.15, 0.2) is 72.1 Å². The van der Waals surface area contributed by atoms with Gasteiger partial charge in [-0.25, -0.2) is 18.7 Å². The van der Waals surface area contributed by atoms with E-state index in [0.29, 0.717) is 11.5 Å². The van der Waals surface area contributed by atoms with Gasteiger partial charge in [-0.15, -0.1) is 16.4 Å². The number of benzene rings is 2. The van der Waals surface area contributed by atoms with E-state index in [1.807, 2.05) is 41.8 Å². The van der Waals surface area contributed by atoms with Crippen LogP contribution in [0.2, 0.25) is 0 Å². The standard InChI is InChI=1S/C23H18FN5O4S/c24-16-8-10-17(11-9-16)29-21(18-7-4-12-34-18)27-20(28-29)22(31)33-14-19(30)26-23(32)25-13-15-5-2-1-3-6-15/h1-12H,13-14H2,(H2,25,26,30,32). The minimum absolute atomic E-state index is 0.232. The maximum Gasteiger partial charge on any atom is 0.378 e. The first-order chi connectivity index (χ1) is 16.5. The zero-order valence-electron chi connectivity index (χ0n) is 17.6. The van der Waals surface area contributed by atoms with Gasteiger partial charge in [0.2, 0.25) is 0 Å². The summed E-state index contributed by atoms with van der Waals surface area (Å²) < 4.78 is 19.7. The first-order valence-corrected chi connectivity index (χ1v) is 10.9. The van der Waals surface area contributed by atoms with E-state index in [4.69, 9.17) is 4.74 Å². The summed E-state index contributed by atoms with van der Waals surface area (Å²) in [6, 6.07) is 17.6. The molecule has 0 aliphatic rings. The highest BCUT2D eigenvalue weighted by Gasteiger charge is 2.21. The minimum Gasteiger partial charge on any atom is -0.450 e. The van der Waals surface area contributed by atoms with E-state index in [0.717, 1.165) is 10.4 Å². The molecular formula is C23H18FN5O4S. The van der Waals surface area contributed by atoms with Gasteiger partial charge in [-0.3, -0.25) is 10.1 Å². The molecule has 0 radical (unpaired) electrons. The van der Waals surface area contributed by atoms with Crippen molar-refractivity contribution in [3.8, 4) is 16.4 Å². The van der Waals surface area contributed by atoms with Crippen molar-refractivity contribution < 1.29 is 23.5 Å². The molecule has 0 unspecified atom stereocenters. The molecule has 34 heavy (non-hydrogen) atoms. The average Bonchev–Trinajstić information content (AvgIpc) is 3.53. The van der Waals surface area contributed by atoms with E-state index < -0.39 is 30.3 Å². The molecule has 0 bridgehead atoms. The van der Waals surface area contributed by atoms with Crippen LogP contribution in [0.4, 0.5) is 9.18 Å². The lowest BCUT2D eigenvalue weighted by Gasteiger charge is -2.07. The smallest absolute Gasteiger partial charge is 0.378 e. The van der Waals surface area contributed by atoms with Gasteiger partial charge in [0.1, 0.15) is 5.82 Å². The molecule has 2 N–H and O–H groups in total. The Kier molecular flexibility index (Phi) is 7.04.